The first kappa shape index (κ1) is 24.4. The SMILES string of the molecule is CC(=N)C/C=C\C(C)=Nc1ncc(NC(=O)c2cccc(N=C(C)c3cccc(C)c3)c2)cn1. The van der Waals surface area contributed by atoms with Gasteiger partial charge in [0, 0.05) is 29.1 Å². The zero-order valence-electron chi connectivity index (χ0n) is 19.8. The number of carbonyl (C=O) groups is 1. The molecular formula is C27H28N6O. The number of aromatic nitrogens is 2. The summed E-state index contributed by atoms with van der Waals surface area (Å²) in [4.78, 5) is 30.1. The van der Waals surface area contributed by atoms with Gasteiger partial charge in [-0.05, 0) is 57.5 Å². The van der Waals surface area contributed by atoms with Crippen molar-refractivity contribution in [2.75, 3.05) is 5.32 Å². The Morgan fingerprint density at radius 1 is 1.00 bits per heavy atom. The van der Waals surface area contributed by atoms with E-state index in [2.05, 4.69) is 31.3 Å². The zero-order valence-corrected chi connectivity index (χ0v) is 19.8. The van der Waals surface area contributed by atoms with Crippen molar-refractivity contribution in [2.24, 2.45) is 9.98 Å². The third-order valence-electron chi connectivity index (χ3n) is 4.80. The molecule has 0 unspecified atom stereocenters. The highest BCUT2D eigenvalue weighted by Crippen LogP contribution is 2.18. The number of allylic oxidation sites excluding steroid dienone is 2. The minimum Gasteiger partial charge on any atom is -0.319 e. The molecule has 0 saturated carbocycles. The third-order valence-corrected chi connectivity index (χ3v) is 4.80. The summed E-state index contributed by atoms with van der Waals surface area (Å²) in [5.74, 6) is 0.0286. The molecule has 2 aromatic carbocycles. The van der Waals surface area contributed by atoms with Crippen LogP contribution in [0.1, 0.15) is 48.7 Å². The summed E-state index contributed by atoms with van der Waals surface area (Å²) in [6.07, 6.45) is 7.32. The van der Waals surface area contributed by atoms with E-state index in [-0.39, 0.29) is 5.91 Å². The Morgan fingerprint density at radius 3 is 2.41 bits per heavy atom. The van der Waals surface area contributed by atoms with Crippen LogP contribution >= 0.6 is 0 Å². The molecule has 0 saturated heterocycles. The summed E-state index contributed by atoms with van der Waals surface area (Å²) in [6.45, 7) is 7.59. The highest BCUT2D eigenvalue weighted by atomic mass is 16.1. The number of rotatable bonds is 8. The average molecular weight is 453 g/mol. The van der Waals surface area contributed by atoms with E-state index >= 15 is 0 Å². The first-order chi connectivity index (χ1) is 16.3. The number of nitrogens with zero attached hydrogens (tertiary/aromatic N) is 4. The van der Waals surface area contributed by atoms with E-state index in [9.17, 15) is 4.79 Å². The molecule has 7 nitrogen and oxygen atoms in total. The lowest BCUT2D eigenvalue weighted by molar-refractivity contribution is 0.102. The van der Waals surface area contributed by atoms with Crippen molar-refractivity contribution < 1.29 is 4.79 Å². The van der Waals surface area contributed by atoms with Crippen LogP contribution in [0, 0.1) is 12.3 Å². The van der Waals surface area contributed by atoms with Crippen LogP contribution in [-0.2, 0) is 0 Å². The number of hydrogen-bond donors (Lipinski definition) is 2. The molecule has 7 heteroatoms. The van der Waals surface area contributed by atoms with Crippen molar-refractivity contribution >= 4 is 40.4 Å². The molecule has 172 valence electrons. The summed E-state index contributed by atoms with van der Waals surface area (Å²) < 4.78 is 0. The molecule has 0 aliphatic rings. The zero-order chi connectivity index (χ0) is 24.5. The first-order valence-corrected chi connectivity index (χ1v) is 10.9. The van der Waals surface area contributed by atoms with Crippen LogP contribution in [0.5, 0.6) is 0 Å². The summed E-state index contributed by atoms with van der Waals surface area (Å²) in [7, 11) is 0. The summed E-state index contributed by atoms with van der Waals surface area (Å²) in [5.41, 5.74) is 6.08. The van der Waals surface area contributed by atoms with E-state index in [4.69, 9.17) is 5.41 Å². The van der Waals surface area contributed by atoms with Crippen LogP contribution < -0.4 is 5.32 Å². The van der Waals surface area contributed by atoms with Crippen LogP contribution in [0.2, 0.25) is 0 Å². The molecule has 1 amide bonds. The molecule has 1 aromatic heterocycles. The van der Waals surface area contributed by atoms with Crippen LogP contribution in [0.4, 0.5) is 17.3 Å². The maximum Gasteiger partial charge on any atom is 0.255 e. The van der Waals surface area contributed by atoms with Crippen molar-refractivity contribution in [3.05, 3.63) is 89.8 Å². The standard InChI is InChI=1S/C27H28N6O/c1-18-8-5-11-22(14-18)21(4)32-24-13-7-12-23(15-24)26(34)33-25-16-29-27(30-17-25)31-20(3)10-6-9-19(2)28/h5-8,10-17,28H,9H2,1-4H3,(H,33,34)/b10-6-,28-19?,31-20?,32-21?. The van der Waals surface area contributed by atoms with E-state index < -0.39 is 0 Å². The number of benzene rings is 2. The van der Waals surface area contributed by atoms with Gasteiger partial charge in [0.25, 0.3) is 5.91 Å². The van der Waals surface area contributed by atoms with Crippen LogP contribution in [0.3, 0.4) is 0 Å². The van der Waals surface area contributed by atoms with E-state index in [0.29, 0.717) is 35.0 Å². The number of amides is 1. The predicted molar refractivity (Wildman–Crippen MR) is 139 cm³/mol. The number of hydrogen-bond acceptors (Lipinski definition) is 6. The van der Waals surface area contributed by atoms with Gasteiger partial charge in [0.1, 0.15) is 0 Å². The van der Waals surface area contributed by atoms with Gasteiger partial charge in [-0.1, -0.05) is 42.0 Å². The molecule has 0 aliphatic carbocycles. The predicted octanol–water partition coefficient (Wildman–Crippen LogP) is 6.26. The Hall–Kier alpha value is -4.26. The summed E-state index contributed by atoms with van der Waals surface area (Å²) >= 11 is 0. The number of aryl methyl sites for hydroxylation is 1. The minimum absolute atomic E-state index is 0.272. The average Bonchev–Trinajstić information content (AvgIpc) is 2.80. The molecule has 34 heavy (non-hydrogen) atoms. The molecule has 0 atom stereocenters. The van der Waals surface area contributed by atoms with Gasteiger partial charge in [-0.25, -0.2) is 15.0 Å². The fourth-order valence-corrected chi connectivity index (χ4v) is 3.09. The van der Waals surface area contributed by atoms with Crippen molar-refractivity contribution in [1.29, 1.82) is 5.41 Å². The lowest BCUT2D eigenvalue weighted by atomic mass is 10.1. The van der Waals surface area contributed by atoms with Gasteiger partial charge >= 0.3 is 0 Å². The first-order valence-electron chi connectivity index (χ1n) is 10.9. The Kier molecular flexibility index (Phi) is 8.29. The lowest BCUT2D eigenvalue weighted by Crippen LogP contribution is -2.12. The lowest BCUT2D eigenvalue weighted by Gasteiger charge is -2.06. The van der Waals surface area contributed by atoms with E-state index in [1.165, 1.54) is 18.0 Å². The smallest absolute Gasteiger partial charge is 0.255 e. The monoisotopic (exact) mass is 452 g/mol. The van der Waals surface area contributed by atoms with Gasteiger partial charge < -0.3 is 10.7 Å². The summed E-state index contributed by atoms with van der Waals surface area (Å²) in [5, 5.41) is 10.2. The van der Waals surface area contributed by atoms with Crippen molar-refractivity contribution in [2.45, 2.75) is 34.1 Å². The molecule has 3 aromatic rings. The number of aliphatic imine (C=N–C) groups is 2. The molecule has 0 aliphatic heterocycles. The molecule has 2 N–H and O–H groups in total. The third kappa shape index (κ3) is 7.41. The summed E-state index contributed by atoms with van der Waals surface area (Å²) in [6, 6.07) is 15.3. The molecule has 0 bridgehead atoms. The Morgan fingerprint density at radius 2 is 1.71 bits per heavy atom. The van der Waals surface area contributed by atoms with Gasteiger partial charge in [-0.3, -0.25) is 9.79 Å². The maximum absolute atomic E-state index is 12.7. The quantitative estimate of drug-likeness (QED) is 0.394. The van der Waals surface area contributed by atoms with Crippen molar-refractivity contribution in [1.82, 2.24) is 9.97 Å². The Bertz CT molecular complexity index is 1270. The normalized spacial score (nSPS) is 12.1. The van der Waals surface area contributed by atoms with E-state index in [0.717, 1.165) is 17.0 Å². The van der Waals surface area contributed by atoms with Gasteiger partial charge in [0.15, 0.2) is 0 Å². The molecule has 0 spiro atoms. The Balaban J connectivity index is 1.67. The largest absolute Gasteiger partial charge is 0.319 e. The second-order valence-electron chi connectivity index (χ2n) is 7.98. The van der Waals surface area contributed by atoms with E-state index in [1.54, 1.807) is 19.1 Å². The molecule has 1 heterocycles. The Labute approximate surface area is 199 Å². The van der Waals surface area contributed by atoms with E-state index in [1.807, 2.05) is 63.3 Å². The number of carbonyl (C=O) groups excluding carboxylic acids is 1. The van der Waals surface area contributed by atoms with Crippen LogP contribution in [0.25, 0.3) is 0 Å². The van der Waals surface area contributed by atoms with Crippen LogP contribution in [0.15, 0.2) is 83.1 Å². The molecule has 0 fully saturated rings. The minimum atomic E-state index is -0.272. The second kappa shape index (κ2) is 11.6. The van der Waals surface area contributed by atoms with Gasteiger partial charge in [0.05, 0.1) is 23.8 Å². The fourth-order valence-electron chi connectivity index (χ4n) is 3.09. The van der Waals surface area contributed by atoms with Gasteiger partial charge in [-0.15, -0.1) is 0 Å². The van der Waals surface area contributed by atoms with Gasteiger partial charge in [-0.2, -0.15) is 0 Å². The van der Waals surface area contributed by atoms with Crippen LogP contribution in [-0.4, -0.2) is 33.0 Å². The highest BCUT2D eigenvalue weighted by Gasteiger charge is 2.08. The topological polar surface area (TPSA) is 103 Å². The molecule has 3 rings (SSSR count). The van der Waals surface area contributed by atoms with Crippen molar-refractivity contribution in [3.8, 4) is 0 Å². The highest BCUT2D eigenvalue weighted by molar-refractivity contribution is 6.05. The second-order valence-corrected chi connectivity index (χ2v) is 7.98. The number of anilines is 1. The maximum atomic E-state index is 12.7. The fraction of sp³-hybridized carbons (Fsp3) is 0.185. The molecule has 0 radical (unpaired) electrons. The molecular weight excluding hydrogens is 424 g/mol. The van der Waals surface area contributed by atoms with Gasteiger partial charge in [0.2, 0.25) is 5.95 Å². The van der Waals surface area contributed by atoms with Crippen molar-refractivity contribution in [3.63, 3.8) is 0 Å². The number of nitrogens with one attached hydrogen (secondary N) is 2.